The number of aromatic nitrogens is 2. The predicted octanol–water partition coefficient (Wildman–Crippen LogP) is 8.57. The van der Waals surface area contributed by atoms with E-state index in [-0.39, 0.29) is 12.5 Å². The average molecular weight is 648 g/mol. The molecule has 10 rings (SSSR count). The van der Waals surface area contributed by atoms with Gasteiger partial charge in [0.1, 0.15) is 17.8 Å². The van der Waals surface area contributed by atoms with Gasteiger partial charge < -0.3 is 19.8 Å². The molecule has 2 aliphatic heterocycles. The molecule has 0 spiro atoms. The van der Waals surface area contributed by atoms with E-state index in [4.69, 9.17) is 9.98 Å². The molecule has 6 aromatic carbocycles. The van der Waals surface area contributed by atoms with Crippen molar-refractivity contribution in [2.24, 2.45) is 9.98 Å². The number of para-hydroxylation sites is 3. The van der Waals surface area contributed by atoms with Crippen molar-refractivity contribution >= 4 is 55.7 Å². The van der Waals surface area contributed by atoms with Crippen LogP contribution in [0.25, 0.3) is 49.3 Å². The van der Waals surface area contributed by atoms with Gasteiger partial charge in [-0.2, -0.15) is 0 Å². The fourth-order valence-corrected chi connectivity index (χ4v) is 7.54. The molecule has 0 saturated heterocycles. The van der Waals surface area contributed by atoms with E-state index in [0.717, 1.165) is 45.1 Å². The summed E-state index contributed by atoms with van der Waals surface area (Å²) in [5, 5.41) is 15.9. The van der Waals surface area contributed by atoms with E-state index in [0.29, 0.717) is 6.54 Å². The highest BCUT2D eigenvalue weighted by atomic mass is 15.3. The standard InChI is InChI=1S/C43H33N7/c1-4-14-28(15-5-1)40-46-41(29-16-6-2-7-17-29)48-42(47-40)30-26-44-43(45-27-30)50-37-23-13-11-21-33(37)35-24-34-32-20-10-12-22-36(32)49(38(34)25-39(35)50)31-18-8-3-9-19-31/h1-26,40,43,45,47H,27H2,(H,46,48). The monoisotopic (exact) mass is 647 g/mol. The Kier molecular flexibility index (Phi) is 6.63. The summed E-state index contributed by atoms with van der Waals surface area (Å²) >= 11 is 0. The SMILES string of the molecule is C1=NC(n2c3ccccc3c3cc4c5ccccc5n(-c5ccccc5)c4cc32)NCC1=C1NC(c2ccccc2)=NC(c2ccccc2)N1. The lowest BCUT2D eigenvalue weighted by Crippen LogP contribution is -2.43. The maximum atomic E-state index is 5.17. The number of rotatable bonds is 4. The first kappa shape index (κ1) is 28.6. The lowest BCUT2D eigenvalue weighted by Gasteiger charge is -2.30. The van der Waals surface area contributed by atoms with Crippen LogP contribution in [0.15, 0.2) is 173 Å². The molecule has 8 aromatic rings. The summed E-state index contributed by atoms with van der Waals surface area (Å²) in [6.07, 6.45) is 1.49. The molecule has 2 aliphatic rings. The van der Waals surface area contributed by atoms with Crippen LogP contribution in [-0.4, -0.2) is 27.7 Å². The van der Waals surface area contributed by atoms with Crippen LogP contribution in [0.3, 0.4) is 0 Å². The highest BCUT2D eigenvalue weighted by Gasteiger charge is 2.26. The van der Waals surface area contributed by atoms with E-state index < -0.39 is 0 Å². The van der Waals surface area contributed by atoms with Crippen molar-refractivity contribution in [3.05, 3.63) is 174 Å². The Morgan fingerprint density at radius 1 is 0.580 bits per heavy atom. The van der Waals surface area contributed by atoms with Crippen molar-refractivity contribution in [1.82, 2.24) is 25.1 Å². The van der Waals surface area contributed by atoms with Crippen LogP contribution in [0.1, 0.15) is 23.6 Å². The summed E-state index contributed by atoms with van der Waals surface area (Å²) in [5.41, 5.74) is 8.98. The van der Waals surface area contributed by atoms with Crippen LogP contribution < -0.4 is 16.0 Å². The molecule has 4 heterocycles. The highest BCUT2D eigenvalue weighted by molar-refractivity contribution is 6.18. The van der Waals surface area contributed by atoms with Crippen molar-refractivity contribution in [3.63, 3.8) is 0 Å². The van der Waals surface area contributed by atoms with Gasteiger partial charge in [-0.25, -0.2) is 4.99 Å². The summed E-state index contributed by atoms with van der Waals surface area (Å²) in [5.74, 6) is 1.73. The van der Waals surface area contributed by atoms with Crippen molar-refractivity contribution in [2.45, 2.75) is 12.5 Å². The summed E-state index contributed by atoms with van der Waals surface area (Å²) in [6, 6.07) is 53.3. The number of hydrogen-bond donors (Lipinski definition) is 3. The van der Waals surface area contributed by atoms with Crippen molar-refractivity contribution in [3.8, 4) is 5.69 Å². The molecular formula is C43H33N7. The van der Waals surface area contributed by atoms with E-state index in [9.17, 15) is 0 Å². The molecule has 7 heteroatoms. The Balaban J connectivity index is 1.10. The van der Waals surface area contributed by atoms with Gasteiger partial charge in [0.2, 0.25) is 0 Å². The molecule has 240 valence electrons. The molecule has 3 N–H and O–H groups in total. The van der Waals surface area contributed by atoms with Crippen LogP contribution in [-0.2, 0) is 0 Å². The molecular weight excluding hydrogens is 615 g/mol. The third-order valence-corrected chi connectivity index (χ3v) is 9.88. The summed E-state index contributed by atoms with van der Waals surface area (Å²) < 4.78 is 4.72. The number of nitrogens with one attached hydrogen (secondary N) is 3. The van der Waals surface area contributed by atoms with Gasteiger partial charge in [0.15, 0.2) is 6.29 Å². The Bertz CT molecular complexity index is 2650. The third kappa shape index (κ3) is 4.63. The second kappa shape index (κ2) is 11.6. The zero-order valence-corrected chi connectivity index (χ0v) is 27.2. The number of amidine groups is 1. The van der Waals surface area contributed by atoms with Crippen LogP contribution >= 0.6 is 0 Å². The maximum absolute atomic E-state index is 5.17. The van der Waals surface area contributed by atoms with Crippen LogP contribution in [0, 0.1) is 0 Å². The molecule has 2 unspecified atom stereocenters. The Morgan fingerprint density at radius 2 is 1.22 bits per heavy atom. The fraction of sp³-hybridized carbons (Fsp3) is 0.0698. The fourth-order valence-electron chi connectivity index (χ4n) is 7.54. The molecule has 0 radical (unpaired) electrons. The second-order valence-electron chi connectivity index (χ2n) is 12.8. The Hall–Kier alpha value is -6.44. The van der Waals surface area contributed by atoms with Crippen molar-refractivity contribution in [1.29, 1.82) is 0 Å². The molecule has 0 aliphatic carbocycles. The first-order valence-corrected chi connectivity index (χ1v) is 17.0. The van der Waals surface area contributed by atoms with E-state index in [1.54, 1.807) is 0 Å². The van der Waals surface area contributed by atoms with E-state index >= 15 is 0 Å². The average Bonchev–Trinajstić information content (AvgIpc) is 3.70. The number of nitrogens with zero attached hydrogens (tertiary/aromatic N) is 4. The lowest BCUT2D eigenvalue weighted by molar-refractivity contribution is 0.449. The molecule has 2 atom stereocenters. The van der Waals surface area contributed by atoms with Gasteiger partial charge in [-0.3, -0.25) is 10.3 Å². The van der Waals surface area contributed by atoms with Crippen molar-refractivity contribution in [2.75, 3.05) is 6.54 Å². The minimum atomic E-state index is -0.287. The Morgan fingerprint density at radius 3 is 1.96 bits per heavy atom. The molecule has 0 bridgehead atoms. The van der Waals surface area contributed by atoms with Gasteiger partial charge in [-0.15, -0.1) is 0 Å². The zero-order valence-electron chi connectivity index (χ0n) is 27.2. The van der Waals surface area contributed by atoms with Crippen molar-refractivity contribution < 1.29 is 0 Å². The number of aliphatic imine (C=N–C) groups is 2. The van der Waals surface area contributed by atoms with Gasteiger partial charge >= 0.3 is 0 Å². The summed E-state index contributed by atoms with van der Waals surface area (Å²) in [6.45, 7) is 0.619. The highest BCUT2D eigenvalue weighted by Crippen LogP contribution is 2.39. The number of hydrogen-bond acceptors (Lipinski definition) is 5. The van der Waals surface area contributed by atoms with E-state index in [1.165, 1.54) is 32.6 Å². The third-order valence-electron chi connectivity index (χ3n) is 9.88. The topological polar surface area (TPSA) is 70.7 Å². The minimum absolute atomic E-state index is 0.225. The first-order chi connectivity index (χ1) is 24.8. The van der Waals surface area contributed by atoms with Gasteiger partial charge in [0.05, 0.1) is 22.1 Å². The smallest absolute Gasteiger partial charge is 0.180 e. The molecule has 0 amide bonds. The first-order valence-electron chi connectivity index (χ1n) is 17.0. The van der Waals surface area contributed by atoms with Gasteiger partial charge in [-0.05, 0) is 42.0 Å². The van der Waals surface area contributed by atoms with E-state index in [2.05, 4.69) is 152 Å². The van der Waals surface area contributed by atoms with Gasteiger partial charge in [0, 0.05) is 51.1 Å². The minimum Gasteiger partial charge on any atom is -0.346 e. The van der Waals surface area contributed by atoms with Crippen LogP contribution in [0.2, 0.25) is 0 Å². The summed E-state index contributed by atoms with van der Waals surface area (Å²) in [4.78, 5) is 10.2. The molecule has 2 aromatic heterocycles. The molecule has 0 saturated carbocycles. The van der Waals surface area contributed by atoms with Gasteiger partial charge in [0.25, 0.3) is 0 Å². The van der Waals surface area contributed by atoms with Gasteiger partial charge in [-0.1, -0.05) is 115 Å². The summed E-state index contributed by atoms with van der Waals surface area (Å²) in [7, 11) is 0. The quantitative estimate of drug-likeness (QED) is 0.179. The zero-order chi connectivity index (χ0) is 33.0. The molecule has 0 fully saturated rings. The number of fused-ring (bicyclic) bond motifs is 6. The number of benzene rings is 6. The van der Waals surface area contributed by atoms with Crippen LogP contribution in [0.4, 0.5) is 0 Å². The maximum Gasteiger partial charge on any atom is 0.180 e. The molecule has 50 heavy (non-hydrogen) atoms. The second-order valence-corrected chi connectivity index (χ2v) is 12.8. The van der Waals surface area contributed by atoms with E-state index in [1.807, 2.05) is 30.5 Å². The normalized spacial score (nSPS) is 19.2. The lowest BCUT2D eigenvalue weighted by atomic mass is 10.1. The van der Waals surface area contributed by atoms with Crippen LogP contribution in [0.5, 0.6) is 0 Å². The molecule has 7 nitrogen and oxygen atoms in total. The predicted molar refractivity (Wildman–Crippen MR) is 205 cm³/mol. The Labute approximate surface area is 288 Å². The largest absolute Gasteiger partial charge is 0.346 e.